The molecule has 0 bridgehead atoms. The molecule has 0 saturated carbocycles. The van der Waals surface area contributed by atoms with Crippen molar-refractivity contribution in [3.63, 3.8) is 0 Å². The summed E-state index contributed by atoms with van der Waals surface area (Å²) >= 11 is 0. The highest BCUT2D eigenvalue weighted by Crippen LogP contribution is 2.21. The zero-order valence-electron chi connectivity index (χ0n) is 16.4. The Labute approximate surface area is 170 Å². The lowest BCUT2D eigenvalue weighted by atomic mass is 10.1. The largest absolute Gasteiger partial charge is 0.490 e. The van der Waals surface area contributed by atoms with Crippen LogP contribution in [0.2, 0.25) is 0 Å². The maximum Gasteiger partial charge on any atom is 0.251 e. The van der Waals surface area contributed by atoms with E-state index in [0.29, 0.717) is 17.9 Å². The molecule has 2 atom stereocenters. The van der Waals surface area contributed by atoms with Gasteiger partial charge in [-0.2, -0.15) is 0 Å². The number of piperidine rings is 1. The van der Waals surface area contributed by atoms with Crippen molar-refractivity contribution in [3.05, 3.63) is 59.9 Å². The molecule has 1 aromatic carbocycles. The molecule has 2 aliphatic heterocycles. The molecule has 1 amide bonds. The van der Waals surface area contributed by atoms with Gasteiger partial charge in [-0.25, -0.2) is 0 Å². The fraction of sp³-hybridized carbons (Fsp3) is 0.455. The number of nitrogens with zero attached hydrogens (tertiary/aromatic N) is 2. The highest BCUT2D eigenvalue weighted by molar-refractivity contribution is 5.94. The summed E-state index contributed by atoms with van der Waals surface area (Å²) in [6.45, 7) is 3.48. The van der Waals surface area contributed by atoms with Crippen LogP contribution in [0, 0.1) is 0 Å². The van der Waals surface area contributed by atoms with Crippen molar-refractivity contribution in [3.8, 4) is 5.75 Å². The number of amides is 1. The number of benzene rings is 1. The number of nitrogens with one attached hydrogen (secondary N) is 1. The van der Waals surface area contributed by atoms with E-state index >= 15 is 0 Å². The van der Waals surface area contributed by atoms with E-state index in [9.17, 15) is 9.90 Å². The van der Waals surface area contributed by atoms with Gasteiger partial charge in [0.05, 0.1) is 25.4 Å². The summed E-state index contributed by atoms with van der Waals surface area (Å²) in [4.78, 5) is 19.0. The summed E-state index contributed by atoms with van der Waals surface area (Å²) in [5.41, 5.74) is 1.80. The first-order chi connectivity index (χ1) is 14.2. The van der Waals surface area contributed by atoms with Gasteiger partial charge in [0.2, 0.25) is 0 Å². The van der Waals surface area contributed by atoms with Gasteiger partial charge in [0.15, 0.2) is 0 Å². The minimum Gasteiger partial charge on any atom is -0.490 e. The molecular formula is C22H27N3O4. The lowest BCUT2D eigenvalue weighted by molar-refractivity contribution is 0.0880. The minimum atomic E-state index is -0.657. The van der Waals surface area contributed by atoms with Crippen LogP contribution in [-0.2, 0) is 11.3 Å². The molecule has 2 unspecified atom stereocenters. The zero-order valence-corrected chi connectivity index (χ0v) is 16.4. The van der Waals surface area contributed by atoms with Gasteiger partial charge in [-0.3, -0.25) is 14.7 Å². The molecular weight excluding hydrogens is 370 g/mol. The van der Waals surface area contributed by atoms with Gasteiger partial charge in [-0.1, -0.05) is 6.07 Å². The monoisotopic (exact) mass is 397 g/mol. The number of aliphatic hydroxyl groups is 1. The Morgan fingerprint density at radius 3 is 2.72 bits per heavy atom. The van der Waals surface area contributed by atoms with E-state index in [4.69, 9.17) is 9.47 Å². The first-order valence-corrected chi connectivity index (χ1v) is 10.1. The number of aromatic nitrogens is 1. The van der Waals surface area contributed by atoms with Crippen molar-refractivity contribution < 1.29 is 19.4 Å². The standard InChI is InChI=1S/C22H27N3O4/c26-21-15-28-14-20(21)24-22(27)17-2-1-3-19(12-17)29-18-6-10-25(11-7-18)13-16-4-8-23-9-5-16/h1-5,8-9,12,18,20-21,26H,6-7,10-11,13-15H2,(H,24,27). The predicted octanol–water partition coefficient (Wildman–Crippen LogP) is 1.61. The van der Waals surface area contributed by atoms with Crippen LogP contribution >= 0.6 is 0 Å². The number of hydrogen-bond acceptors (Lipinski definition) is 6. The number of likely N-dealkylation sites (tertiary alicyclic amines) is 1. The first-order valence-electron chi connectivity index (χ1n) is 10.1. The second-order valence-electron chi connectivity index (χ2n) is 7.66. The fourth-order valence-corrected chi connectivity index (χ4v) is 3.77. The maximum absolute atomic E-state index is 12.5. The lowest BCUT2D eigenvalue weighted by Gasteiger charge is -2.32. The van der Waals surface area contributed by atoms with E-state index in [1.54, 1.807) is 12.1 Å². The third-order valence-electron chi connectivity index (χ3n) is 5.46. The normalized spacial score (nSPS) is 23.1. The van der Waals surface area contributed by atoms with Crippen molar-refractivity contribution >= 4 is 5.91 Å². The SMILES string of the molecule is O=C(NC1COCC1O)c1cccc(OC2CCN(Cc3ccncc3)CC2)c1. The molecule has 0 radical (unpaired) electrons. The molecule has 0 spiro atoms. The van der Waals surface area contributed by atoms with Crippen molar-refractivity contribution in [1.29, 1.82) is 0 Å². The summed E-state index contributed by atoms with van der Waals surface area (Å²) in [6, 6.07) is 11.0. The van der Waals surface area contributed by atoms with Crippen molar-refractivity contribution in [2.45, 2.75) is 37.6 Å². The van der Waals surface area contributed by atoms with Gasteiger partial charge in [-0.05, 0) is 48.7 Å². The van der Waals surface area contributed by atoms with Crippen LogP contribution in [0.25, 0.3) is 0 Å². The Bertz CT molecular complexity index is 809. The van der Waals surface area contributed by atoms with Crippen molar-refractivity contribution in [2.75, 3.05) is 26.3 Å². The highest BCUT2D eigenvalue weighted by Gasteiger charge is 2.28. The summed E-state index contributed by atoms with van der Waals surface area (Å²) in [5.74, 6) is 0.477. The van der Waals surface area contributed by atoms with Gasteiger partial charge in [0.25, 0.3) is 5.91 Å². The molecule has 2 fully saturated rings. The molecule has 2 saturated heterocycles. The number of aliphatic hydroxyl groups excluding tert-OH is 1. The van der Waals surface area contributed by atoms with E-state index in [1.165, 1.54) is 5.56 Å². The fourth-order valence-electron chi connectivity index (χ4n) is 3.77. The average Bonchev–Trinajstić information content (AvgIpc) is 3.15. The van der Waals surface area contributed by atoms with E-state index < -0.39 is 6.10 Å². The molecule has 4 rings (SSSR count). The molecule has 2 aromatic rings. The van der Waals surface area contributed by atoms with E-state index in [-0.39, 0.29) is 24.7 Å². The average molecular weight is 397 g/mol. The van der Waals surface area contributed by atoms with Gasteiger partial charge < -0.3 is 19.9 Å². The van der Waals surface area contributed by atoms with Crippen LogP contribution in [0.1, 0.15) is 28.8 Å². The second-order valence-corrected chi connectivity index (χ2v) is 7.66. The van der Waals surface area contributed by atoms with Crippen LogP contribution in [0.4, 0.5) is 0 Å². The Kier molecular flexibility index (Phi) is 6.39. The zero-order chi connectivity index (χ0) is 20.1. The first kappa shape index (κ1) is 19.8. The number of ether oxygens (including phenoxy) is 2. The van der Waals surface area contributed by atoms with E-state index in [1.807, 2.05) is 24.5 Å². The number of carbonyl (C=O) groups is 1. The summed E-state index contributed by atoms with van der Waals surface area (Å²) in [7, 11) is 0. The summed E-state index contributed by atoms with van der Waals surface area (Å²) in [6.07, 6.45) is 5.05. The molecule has 1 aromatic heterocycles. The Hall–Kier alpha value is -2.48. The topological polar surface area (TPSA) is 83.9 Å². The van der Waals surface area contributed by atoms with Crippen molar-refractivity contribution in [2.24, 2.45) is 0 Å². The maximum atomic E-state index is 12.5. The van der Waals surface area contributed by atoms with E-state index in [2.05, 4.69) is 27.3 Å². The van der Waals surface area contributed by atoms with Crippen LogP contribution < -0.4 is 10.1 Å². The summed E-state index contributed by atoms with van der Waals surface area (Å²) in [5, 5.41) is 12.6. The van der Waals surface area contributed by atoms with E-state index in [0.717, 1.165) is 32.5 Å². The van der Waals surface area contributed by atoms with Crippen LogP contribution in [-0.4, -0.2) is 65.5 Å². The van der Waals surface area contributed by atoms with Crippen molar-refractivity contribution in [1.82, 2.24) is 15.2 Å². The Morgan fingerprint density at radius 1 is 1.21 bits per heavy atom. The van der Waals surface area contributed by atoms with Crippen LogP contribution in [0.5, 0.6) is 5.75 Å². The molecule has 29 heavy (non-hydrogen) atoms. The van der Waals surface area contributed by atoms with Crippen LogP contribution in [0.15, 0.2) is 48.8 Å². The molecule has 7 heteroatoms. The third kappa shape index (κ3) is 5.32. The molecule has 154 valence electrons. The molecule has 3 heterocycles. The second kappa shape index (κ2) is 9.35. The molecule has 2 N–H and O–H groups in total. The number of rotatable bonds is 6. The van der Waals surface area contributed by atoms with Gasteiger partial charge >= 0.3 is 0 Å². The van der Waals surface area contributed by atoms with Gasteiger partial charge in [-0.15, -0.1) is 0 Å². The van der Waals surface area contributed by atoms with Crippen LogP contribution in [0.3, 0.4) is 0 Å². The molecule has 7 nitrogen and oxygen atoms in total. The lowest BCUT2D eigenvalue weighted by Crippen LogP contribution is -2.42. The smallest absolute Gasteiger partial charge is 0.251 e. The third-order valence-corrected chi connectivity index (χ3v) is 5.46. The molecule has 2 aliphatic rings. The summed E-state index contributed by atoms with van der Waals surface area (Å²) < 4.78 is 11.3. The number of carbonyl (C=O) groups excluding carboxylic acids is 1. The van der Waals surface area contributed by atoms with Gasteiger partial charge in [0.1, 0.15) is 11.9 Å². The minimum absolute atomic E-state index is 0.145. The highest BCUT2D eigenvalue weighted by atomic mass is 16.5. The number of hydrogen-bond donors (Lipinski definition) is 2. The predicted molar refractivity (Wildman–Crippen MR) is 108 cm³/mol. The van der Waals surface area contributed by atoms with Gasteiger partial charge in [0, 0.05) is 37.6 Å². The quantitative estimate of drug-likeness (QED) is 0.771. The molecule has 0 aliphatic carbocycles. The Morgan fingerprint density at radius 2 is 2.00 bits per heavy atom. The Balaban J connectivity index is 1.28. The number of pyridine rings is 1.